The normalized spacial score (nSPS) is 18.6. The van der Waals surface area contributed by atoms with Gasteiger partial charge < -0.3 is 9.32 Å². The second kappa shape index (κ2) is 5.59. The third kappa shape index (κ3) is 2.85. The Morgan fingerprint density at radius 1 is 1.36 bits per heavy atom. The van der Waals surface area contributed by atoms with Crippen molar-refractivity contribution >= 4 is 26.7 Å². The summed E-state index contributed by atoms with van der Waals surface area (Å²) in [7, 11) is 0.933. The van der Waals surface area contributed by atoms with E-state index in [1.807, 2.05) is 12.1 Å². The summed E-state index contributed by atoms with van der Waals surface area (Å²) >= 11 is 0. The summed E-state index contributed by atoms with van der Waals surface area (Å²) in [5.74, 6) is 1.11. The van der Waals surface area contributed by atoms with E-state index in [0.717, 1.165) is 36.0 Å². The average Bonchev–Trinajstić information content (AvgIpc) is 2.84. The van der Waals surface area contributed by atoms with Crippen LogP contribution in [0, 0.1) is 0 Å². The van der Waals surface area contributed by atoms with Gasteiger partial charge in [-0.05, 0) is 52.1 Å². The van der Waals surface area contributed by atoms with Crippen molar-refractivity contribution < 1.29 is 12.8 Å². The molecule has 22 heavy (non-hydrogen) atoms. The number of nitrogens with one attached hydrogen (secondary N) is 1. The number of rotatable bonds is 4. The summed E-state index contributed by atoms with van der Waals surface area (Å²) in [5.41, 5.74) is 2.66. The van der Waals surface area contributed by atoms with E-state index < -0.39 is 10.0 Å². The molecule has 1 unspecified atom stereocenters. The van der Waals surface area contributed by atoms with Crippen LogP contribution >= 0.6 is 0 Å². The maximum Gasteiger partial charge on any atom is 0.232 e. The highest BCUT2D eigenvalue weighted by atomic mass is 32.2. The molecule has 0 radical (unpaired) electrons. The Hall–Kier alpha value is -1.53. The Kier molecular flexibility index (Phi) is 3.91. The molecule has 5 nitrogen and oxygen atoms in total. The first-order valence-corrected chi connectivity index (χ1v) is 9.26. The molecule has 2 aromatic rings. The fourth-order valence-corrected chi connectivity index (χ4v) is 3.65. The Labute approximate surface area is 131 Å². The van der Waals surface area contributed by atoms with Gasteiger partial charge in [0.1, 0.15) is 11.3 Å². The zero-order valence-electron chi connectivity index (χ0n) is 13.2. The van der Waals surface area contributed by atoms with Crippen molar-refractivity contribution in [2.24, 2.45) is 0 Å². The van der Waals surface area contributed by atoms with Gasteiger partial charge in [0.2, 0.25) is 10.0 Å². The molecule has 1 aliphatic carbocycles. The molecule has 1 N–H and O–H groups in total. The van der Waals surface area contributed by atoms with E-state index >= 15 is 0 Å². The van der Waals surface area contributed by atoms with E-state index in [-0.39, 0.29) is 5.75 Å². The maximum atomic E-state index is 11.7. The van der Waals surface area contributed by atoms with Crippen molar-refractivity contribution in [3.05, 3.63) is 29.5 Å². The standard InChI is InChI=1S/C16H22N2O3S/c1-4-22(19,20)17-11-5-7-15-13(9-11)14-10-12(18(2)3)6-8-16(14)21-15/h5,7,9,12,17H,4,6,8,10H2,1-3H3. The Bertz CT molecular complexity index is 793. The minimum Gasteiger partial charge on any atom is -0.461 e. The van der Waals surface area contributed by atoms with Crippen molar-refractivity contribution in [1.29, 1.82) is 0 Å². The largest absolute Gasteiger partial charge is 0.461 e. The quantitative estimate of drug-likeness (QED) is 0.940. The number of aryl methyl sites for hydroxylation is 1. The fourth-order valence-electron chi connectivity index (χ4n) is 3.02. The third-order valence-corrected chi connectivity index (χ3v) is 5.71. The van der Waals surface area contributed by atoms with Crippen molar-refractivity contribution in [1.82, 2.24) is 4.90 Å². The zero-order valence-corrected chi connectivity index (χ0v) is 14.0. The predicted octanol–water partition coefficient (Wildman–Crippen LogP) is 2.61. The summed E-state index contributed by atoms with van der Waals surface area (Å²) in [6, 6.07) is 6.01. The van der Waals surface area contributed by atoms with E-state index in [2.05, 4.69) is 23.7 Å². The molecule has 1 heterocycles. The van der Waals surface area contributed by atoms with Crippen LogP contribution < -0.4 is 4.72 Å². The molecule has 6 heteroatoms. The van der Waals surface area contributed by atoms with Gasteiger partial charge in [-0.25, -0.2) is 8.42 Å². The van der Waals surface area contributed by atoms with Gasteiger partial charge in [0.25, 0.3) is 0 Å². The Morgan fingerprint density at radius 2 is 2.14 bits per heavy atom. The Morgan fingerprint density at radius 3 is 2.82 bits per heavy atom. The molecule has 0 saturated carbocycles. The van der Waals surface area contributed by atoms with Crippen LogP contribution in [0.1, 0.15) is 24.7 Å². The zero-order chi connectivity index (χ0) is 15.9. The van der Waals surface area contributed by atoms with Crippen LogP contribution in [0.15, 0.2) is 22.6 Å². The van der Waals surface area contributed by atoms with Crippen LogP contribution in [0.2, 0.25) is 0 Å². The number of fused-ring (bicyclic) bond motifs is 3. The summed E-state index contributed by atoms with van der Waals surface area (Å²) in [6.45, 7) is 1.63. The molecule has 1 atom stereocenters. The molecule has 120 valence electrons. The molecule has 1 aromatic carbocycles. The lowest BCUT2D eigenvalue weighted by molar-refractivity contribution is 0.261. The number of nitrogens with zero attached hydrogens (tertiary/aromatic N) is 1. The van der Waals surface area contributed by atoms with E-state index in [4.69, 9.17) is 4.42 Å². The van der Waals surface area contributed by atoms with Crippen LogP contribution in [0.25, 0.3) is 11.0 Å². The summed E-state index contributed by atoms with van der Waals surface area (Å²) in [5, 5.41) is 1.03. The van der Waals surface area contributed by atoms with Crippen LogP contribution in [-0.2, 0) is 22.9 Å². The topological polar surface area (TPSA) is 62.6 Å². The first-order chi connectivity index (χ1) is 10.4. The minimum atomic E-state index is -3.26. The molecule has 0 bridgehead atoms. The smallest absolute Gasteiger partial charge is 0.232 e. The van der Waals surface area contributed by atoms with Crippen LogP contribution in [0.5, 0.6) is 0 Å². The molecule has 1 aliphatic rings. The SMILES string of the molecule is CCS(=O)(=O)Nc1ccc2oc3c(c2c1)CC(N(C)C)CC3. The Balaban J connectivity index is 2.00. The van der Waals surface area contributed by atoms with Gasteiger partial charge in [-0.2, -0.15) is 0 Å². The molecular formula is C16H22N2O3S. The summed E-state index contributed by atoms with van der Waals surface area (Å²) in [6.07, 6.45) is 2.97. The highest BCUT2D eigenvalue weighted by Crippen LogP contribution is 2.34. The average molecular weight is 322 g/mol. The number of hydrogen-bond acceptors (Lipinski definition) is 4. The van der Waals surface area contributed by atoms with Gasteiger partial charge in [0, 0.05) is 29.1 Å². The van der Waals surface area contributed by atoms with Crippen molar-refractivity contribution in [2.45, 2.75) is 32.2 Å². The van der Waals surface area contributed by atoms with E-state index in [0.29, 0.717) is 11.7 Å². The van der Waals surface area contributed by atoms with Crippen molar-refractivity contribution in [2.75, 3.05) is 24.6 Å². The number of furan rings is 1. The third-order valence-electron chi connectivity index (χ3n) is 4.40. The first-order valence-electron chi connectivity index (χ1n) is 7.61. The lowest BCUT2D eigenvalue weighted by atomic mass is 9.91. The number of likely N-dealkylation sites (N-methyl/N-ethyl adjacent to an activating group) is 1. The maximum absolute atomic E-state index is 11.7. The lowest BCUT2D eigenvalue weighted by Crippen LogP contribution is -2.33. The number of sulfonamides is 1. The second-order valence-corrected chi connectivity index (χ2v) is 8.09. The number of anilines is 1. The van der Waals surface area contributed by atoms with Crippen LogP contribution in [0.3, 0.4) is 0 Å². The van der Waals surface area contributed by atoms with Gasteiger partial charge in [-0.15, -0.1) is 0 Å². The fraction of sp³-hybridized carbons (Fsp3) is 0.500. The summed E-state index contributed by atoms with van der Waals surface area (Å²) in [4.78, 5) is 2.24. The molecule has 0 amide bonds. The monoisotopic (exact) mass is 322 g/mol. The molecule has 0 spiro atoms. The summed E-state index contributed by atoms with van der Waals surface area (Å²) < 4.78 is 32.0. The van der Waals surface area contributed by atoms with Crippen molar-refractivity contribution in [3.63, 3.8) is 0 Å². The number of benzene rings is 1. The second-order valence-electron chi connectivity index (χ2n) is 6.08. The molecular weight excluding hydrogens is 300 g/mol. The lowest BCUT2D eigenvalue weighted by Gasteiger charge is -2.27. The van der Waals surface area contributed by atoms with Crippen molar-refractivity contribution in [3.8, 4) is 0 Å². The predicted molar refractivity (Wildman–Crippen MR) is 88.8 cm³/mol. The van der Waals surface area contributed by atoms with Gasteiger partial charge in [-0.3, -0.25) is 4.72 Å². The van der Waals surface area contributed by atoms with Crippen LogP contribution in [-0.4, -0.2) is 39.2 Å². The highest BCUT2D eigenvalue weighted by Gasteiger charge is 2.25. The van der Waals surface area contributed by atoms with Gasteiger partial charge in [0.15, 0.2) is 0 Å². The number of hydrogen-bond donors (Lipinski definition) is 1. The van der Waals surface area contributed by atoms with Gasteiger partial charge >= 0.3 is 0 Å². The molecule has 3 rings (SSSR count). The van der Waals surface area contributed by atoms with E-state index in [1.165, 1.54) is 5.56 Å². The van der Waals surface area contributed by atoms with E-state index in [1.54, 1.807) is 13.0 Å². The highest BCUT2D eigenvalue weighted by molar-refractivity contribution is 7.92. The van der Waals surface area contributed by atoms with E-state index in [9.17, 15) is 8.42 Å². The van der Waals surface area contributed by atoms with Gasteiger partial charge in [0.05, 0.1) is 5.75 Å². The van der Waals surface area contributed by atoms with Gasteiger partial charge in [-0.1, -0.05) is 0 Å². The molecule has 0 aliphatic heterocycles. The molecule has 1 aromatic heterocycles. The molecule has 0 saturated heterocycles. The minimum absolute atomic E-state index is 0.0667. The molecule has 0 fully saturated rings. The van der Waals surface area contributed by atoms with Crippen LogP contribution in [0.4, 0.5) is 5.69 Å². The first kappa shape index (κ1) is 15.4.